The van der Waals surface area contributed by atoms with E-state index in [-0.39, 0.29) is 11.3 Å². The third kappa shape index (κ3) is 3.07. The molecule has 2 rings (SSSR count). The highest BCUT2D eigenvalue weighted by atomic mass is 16.2. The molecule has 1 atom stereocenters. The number of amides is 1. The van der Waals surface area contributed by atoms with E-state index in [1.54, 1.807) is 0 Å². The average molecular weight is 261 g/mol. The van der Waals surface area contributed by atoms with Crippen LogP contribution in [0.1, 0.15) is 19.8 Å². The summed E-state index contributed by atoms with van der Waals surface area (Å²) >= 11 is 0. The van der Waals surface area contributed by atoms with Crippen molar-refractivity contribution in [3.63, 3.8) is 0 Å². The summed E-state index contributed by atoms with van der Waals surface area (Å²) in [5, 5.41) is 6.39. The molecule has 0 aromatic heterocycles. The van der Waals surface area contributed by atoms with E-state index in [1.807, 2.05) is 50.2 Å². The minimum absolute atomic E-state index is 0.106. The van der Waals surface area contributed by atoms with Crippen molar-refractivity contribution in [3.8, 4) is 0 Å². The van der Waals surface area contributed by atoms with Crippen molar-refractivity contribution in [3.05, 3.63) is 24.3 Å². The molecule has 19 heavy (non-hydrogen) atoms. The Balaban J connectivity index is 2.14. The van der Waals surface area contributed by atoms with Gasteiger partial charge in [0.25, 0.3) is 0 Å². The molecule has 104 valence electrons. The first-order valence-corrected chi connectivity index (χ1v) is 6.81. The van der Waals surface area contributed by atoms with Crippen molar-refractivity contribution >= 4 is 17.3 Å². The number of hydrogen-bond acceptors (Lipinski definition) is 3. The fourth-order valence-electron chi connectivity index (χ4n) is 2.49. The first-order valence-electron chi connectivity index (χ1n) is 6.81. The van der Waals surface area contributed by atoms with Crippen LogP contribution in [-0.2, 0) is 4.79 Å². The van der Waals surface area contributed by atoms with Crippen LogP contribution in [0.3, 0.4) is 0 Å². The molecule has 0 radical (unpaired) electrons. The molecule has 1 aromatic rings. The van der Waals surface area contributed by atoms with Crippen LogP contribution >= 0.6 is 0 Å². The van der Waals surface area contributed by atoms with Crippen LogP contribution in [0.25, 0.3) is 0 Å². The second kappa shape index (κ2) is 5.61. The van der Waals surface area contributed by atoms with Crippen molar-refractivity contribution in [2.45, 2.75) is 19.8 Å². The Morgan fingerprint density at radius 3 is 2.74 bits per heavy atom. The number of nitrogens with zero attached hydrogens (tertiary/aromatic N) is 1. The quantitative estimate of drug-likeness (QED) is 0.875. The predicted octanol–water partition coefficient (Wildman–Crippen LogP) is 2.08. The van der Waals surface area contributed by atoms with Gasteiger partial charge < -0.3 is 15.5 Å². The normalized spacial score (nSPS) is 22.9. The van der Waals surface area contributed by atoms with E-state index < -0.39 is 0 Å². The Labute approximate surface area is 115 Å². The Morgan fingerprint density at radius 1 is 1.37 bits per heavy atom. The first kappa shape index (κ1) is 13.9. The van der Waals surface area contributed by atoms with Crippen molar-refractivity contribution in [2.75, 3.05) is 37.4 Å². The Morgan fingerprint density at radius 2 is 2.11 bits per heavy atom. The summed E-state index contributed by atoms with van der Waals surface area (Å²) < 4.78 is 0. The number of benzene rings is 1. The van der Waals surface area contributed by atoms with Crippen LogP contribution in [0.15, 0.2) is 24.3 Å². The molecule has 1 unspecified atom stereocenters. The molecule has 1 aromatic carbocycles. The molecule has 4 heteroatoms. The molecule has 1 aliphatic heterocycles. The lowest BCUT2D eigenvalue weighted by atomic mass is 9.82. The van der Waals surface area contributed by atoms with E-state index in [1.165, 1.54) is 0 Å². The van der Waals surface area contributed by atoms with Crippen molar-refractivity contribution in [2.24, 2.45) is 5.41 Å². The minimum atomic E-state index is -0.308. The van der Waals surface area contributed by atoms with Gasteiger partial charge in [0.2, 0.25) is 5.91 Å². The molecule has 0 saturated carbocycles. The summed E-state index contributed by atoms with van der Waals surface area (Å²) in [5.41, 5.74) is 1.60. The molecule has 1 heterocycles. The number of carbonyl (C=O) groups is 1. The van der Waals surface area contributed by atoms with Crippen molar-refractivity contribution < 1.29 is 4.79 Å². The number of piperidine rings is 1. The molecule has 1 fully saturated rings. The maximum Gasteiger partial charge on any atom is 0.231 e. The molecule has 4 nitrogen and oxygen atoms in total. The summed E-state index contributed by atoms with van der Waals surface area (Å²) in [4.78, 5) is 14.5. The molecule has 2 N–H and O–H groups in total. The molecule has 0 bridgehead atoms. The highest BCUT2D eigenvalue weighted by Gasteiger charge is 2.34. The Bertz CT molecular complexity index is 450. The fourth-order valence-corrected chi connectivity index (χ4v) is 2.49. The van der Waals surface area contributed by atoms with Gasteiger partial charge in [0.15, 0.2) is 0 Å². The third-order valence-corrected chi connectivity index (χ3v) is 3.78. The van der Waals surface area contributed by atoms with Crippen LogP contribution in [0.5, 0.6) is 0 Å². The lowest BCUT2D eigenvalue weighted by Gasteiger charge is -2.33. The van der Waals surface area contributed by atoms with Crippen molar-refractivity contribution in [1.29, 1.82) is 0 Å². The zero-order valence-electron chi connectivity index (χ0n) is 12.0. The molecular weight excluding hydrogens is 238 g/mol. The van der Waals surface area contributed by atoms with Gasteiger partial charge >= 0.3 is 0 Å². The Hall–Kier alpha value is -1.55. The number of nitrogens with one attached hydrogen (secondary N) is 2. The van der Waals surface area contributed by atoms with Gasteiger partial charge in [-0.2, -0.15) is 0 Å². The first-order chi connectivity index (χ1) is 9.03. The largest absolute Gasteiger partial charge is 0.376 e. The maximum atomic E-state index is 12.5. The second-order valence-corrected chi connectivity index (χ2v) is 5.71. The summed E-state index contributed by atoms with van der Waals surface area (Å²) in [6.45, 7) is 3.80. The van der Waals surface area contributed by atoms with Crippen molar-refractivity contribution in [1.82, 2.24) is 5.32 Å². The topological polar surface area (TPSA) is 44.4 Å². The van der Waals surface area contributed by atoms with E-state index in [9.17, 15) is 4.79 Å². The predicted molar refractivity (Wildman–Crippen MR) is 79.6 cm³/mol. The summed E-state index contributed by atoms with van der Waals surface area (Å²) in [7, 11) is 3.96. The summed E-state index contributed by atoms with van der Waals surface area (Å²) in [6, 6.07) is 7.89. The molecule has 0 aliphatic carbocycles. The van der Waals surface area contributed by atoms with E-state index >= 15 is 0 Å². The highest BCUT2D eigenvalue weighted by molar-refractivity contribution is 5.98. The smallest absolute Gasteiger partial charge is 0.231 e. The molecule has 1 amide bonds. The van der Waals surface area contributed by atoms with Gasteiger partial charge in [-0.25, -0.2) is 0 Å². The number of para-hydroxylation sites is 2. The number of carbonyl (C=O) groups excluding carboxylic acids is 1. The fraction of sp³-hybridized carbons (Fsp3) is 0.533. The van der Waals surface area contributed by atoms with Crippen LogP contribution in [0.2, 0.25) is 0 Å². The minimum Gasteiger partial charge on any atom is -0.376 e. The van der Waals surface area contributed by atoms with E-state index in [4.69, 9.17) is 0 Å². The van der Waals surface area contributed by atoms with Gasteiger partial charge in [0, 0.05) is 20.6 Å². The van der Waals surface area contributed by atoms with Gasteiger partial charge in [0.05, 0.1) is 16.8 Å². The standard InChI is InChI=1S/C15H23N3O/c1-15(9-6-10-16-11-15)14(19)17-12-7-4-5-8-13(12)18(2)3/h4-5,7-8,16H,6,9-11H2,1-3H3,(H,17,19). The third-order valence-electron chi connectivity index (χ3n) is 3.78. The molecule has 0 spiro atoms. The highest BCUT2D eigenvalue weighted by Crippen LogP contribution is 2.30. The van der Waals surface area contributed by atoms with E-state index in [2.05, 4.69) is 10.6 Å². The van der Waals surface area contributed by atoms with Crippen LogP contribution in [0, 0.1) is 5.41 Å². The van der Waals surface area contributed by atoms with E-state index in [0.29, 0.717) is 0 Å². The zero-order chi connectivity index (χ0) is 13.9. The summed E-state index contributed by atoms with van der Waals surface area (Å²) in [5.74, 6) is 0.106. The van der Waals surface area contributed by atoms with Crippen LogP contribution in [0.4, 0.5) is 11.4 Å². The van der Waals surface area contributed by atoms with Gasteiger partial charge in [-0.15, -0.1) is 0 Å². The SMILES string of the molecule is CN(C)c1ccccc1NC(=O)C1(C)CCCNC1. The number of rotatable bonds is 3. The van der Waals surface area contributed by atoms with Gasteiger partial charge in [-0.1, -0.05) is 12.1 Å². The van der Waals surface area contributed by atoms with Crippen LogP contribution in [-0.4, -0.2) is 33.1 Å². The number of hydrogen-bond donors (Lipinski definition) is 2. The molecule has 1 saturated heterocycles. The Kier molecular flexibility index (Phi) is 4.10. The van der Waals surface area contributed by atoms with Crippen LogP contribution < -0.4 is 15.5 Å². The zero-order valence-corrected chi connectivity index (χ0v) is 12.0. The van der Waals surface area contributed by atoms with Gasteiger partial charge in [0.1, 0.15) is 0 Å². The lowest BCUT2D eigenvalue weighted by Crippen LogP contribution is -2.46. The molecular formula is C15H23N3O. The van der Waals surface area contributed by atoms with Gasteiger partial charge in [-0.3, -0.25) is 4.79 Å². The monoisotopic (exact) mass is 261 g/mol. The lowest BCUT2D eigenvalue weighted by molar-refractivity contribution is -0.125. The molecule has 1 aliphatic rings. The second-order valence-electron chi connectivity index (χ2n) is 5.71. The summed E-state index contributed by atoms with van der Waals surface area (Å²) in [6.07, 6.45) is 2.00. The number of anilines is 2. The van der Waals surface area contributed by atoms with Gasteiger partial charge in [-0.05, 0) is 38.4 Å². The maximum absolute atomic E-state index is 12.5. The van der Waals surface area contributed by atoms with E-state index in [0.717, 1.165) is 37.3 Å². The average Bonchev–Trinajstić information content (AvgIpc) is 2.40.